The van der Waals surface area contributed by atoms with Crippen LogP contribution in [0.3, 0.4) is 0 Å². The highest BCUT2D eigenvalue weighted by Crippen LogP contribution is 2.28. The fourth-order valence-corrected chi connectivity index (χ4v) is 3.04. The molecule has 0 aromatic heterocycles. The van der Waals surface area contributed by atoms with E-state index < -0.39 is 16.6 Å². The molecule has 0 spiro atoms. The van der Waals surface area contributed by atoms with E-state index in [-0.39, 0.29) is 10.6 Å². The van der Waals surface area contributed by atoms with Gasteiger partial charge in [0, 0.05) is 5.69 Å². The number of hydrogen-bond donors (Lipinski definition) is 1. The number of halogens is 1. The van der Waals surface area contributed by atoms with E-state index in [4.69, 9.17) is 15.2 Å². The molecule has 6 heteroatoms. The fourth-order valence-electron chi connectivity index (χ4n) is 1.90. The molecule has 0 fully saturated rings. The van der Waals surface area contributed by atoms with Gasteiger partial charge in [0.1, 0.15) is 5.82 Å². The Labute approximate surface area is 125 Å². The molecule has 2 aromatic rings. The molecule has 0 amide bonds. The molecule has 2 rings (SSSR count). The third-order valence-electron chi connectivity index (χ3n) is 2.95. The maximum Gasteiger partial charge on any atom is 0.161 e. The van der Waals surface area contributed by atoms with Gasteiger partial charge >= 0.3 is 0 Å². The van der Waals surface area contributed by atoms with Gasteiger partial charge in [0.05, 0.1) is 35.7 Å². The number of nitrogen functional groups attached to an aromatic ring is 1. The number of hydrogen-bond acceptors (Lipinski definition) is 4. The number of rotatable bonds is 5. The lowest BCUT2D eigenvalue weighted by Crippen LogP contribution is -2.01. The van der Waals surface area contributed by atoms with E-state index in [1.807, 2.05) is 0 Å². The van der Waals surface area contributed by atoms with Gasteiger partial charge in [0.25, 0.3) is 0 Å². The second kappa shape index (κ2) is 6.58. The first-order valence-electron chi connectivity index (χ1n) is 6.19. The average Bonchev–Trinajstić information content (AvgIpc) is 2.46. The van der Waals surface area contributed by atoms with Crippen molar-refractivity contribution in [1.82, 2.24) is 0 Å². The van der Waals surface area contributed by atoms with Crippen LogP contribution in [0, 0.1) is 5.82 Å². The lowest BCUT2D eigenvalue weighted by atomic mass is 10.2. The van der Waals surface area contributed by atoms with E-state index >= 15 is 0 Å². The molecule has 0 aliphatic rings. The van der Waals surface area contributed by atoms with Gasteiger partial charge in [-0.15, -0.1) is 0 Å². The first-order chi connectivity index (χ1) is 10.0. The van der Waals surface area contributed by atoms with Crippen LogP contribution in [0.15, 0.2) is 41.3 Å². The highest BCUT2D eigenvalue weighted by atomic mass is 32.2. The minimum atomic E-state index is -1.50. The summed E-state index contributed by atoms with van der Waals surface area (Å²) >= 11 is 0. The van der Waals surface area contributed by atoms with Crippen molar-refractivity contribution in [2.24, 2.45) is 0 Å². The van der Waals surface area contributed by atoms with Crippen LogP contribution in [-0.2, 0) is 16.6 Å². The fraction of sp³-hybridized carbons (Fsp3) is 0.200. The van der Waals surface area contributed by atoms with Crippen molar-refractivity contribution in [3.05, 3.63) is 47.8 Å². The van der Waals surface area contributed by atoms with Crippen molar-refractivity contribution in [3.8, 4) is 11.5 Å². The average molecular weight is 309 g/mol. The summed E-state index contributed by atoms with van der Waals surface area (Å²) in [4.78, 5) is 0.138. The van der Waals surface area contributed by atoms with E-state index in [1.165, 1.54) is 25.3 Å². The van der Waals surface area contributed by atoms with E-state index in [9.17, 15) is 8.60 Å². The number of anilines is 1. The molecule has 2 N–H and O–H groups in total. The Kier molecular flexibility index (Phi) is 4.80. The summed E-state index contributed by atoms with van der Waals surface area (Å²) in [5.74, 6) is 0.755. The smallest absolute Gasteiger partial charge is 0.161 e. The van der Waals surface area contributed by atoms with E-state index in [0.29, 0.717) is 17.2 Å². The normalized spacial score (nSPS) is 12.0. The molecule has 4 nitrogen and oxygen atoms in total. The Hall–Kier alpha value is -2.08. The summed E-state index contributed by atoms with van der Waals surface area (Å²) in [6, 6.07) is 9.37. The highest BCUT2D eigenvalue weighted by molar-refractivity contribution is 7.84. The maximum absolute atomic E-state index is 13.8. The topological polar surface area (TPSA) is 61.5 Å². The van der Waals surface area contributed by atoms with Crippen LogP contribution in [0.2, 0.25) is 0 Å². The van der Waals surface area contributed by atoms with Crippen molar-refractivity contribution in [1.29, 1.82) is 0 Å². The first-order valence-corrected chi connectivity index (χ1v) is 7.51. The van der Waals surface area contributed by atoms with E-state index in [2.05, 4.69) is 0 Å². The lowest BCUT2D eigenvalue weighted by Gasteiger charge is -2.10. The van der Waals surface area contributed by atoms with Gasteiger partial charge in [0.2, 0.25) is 0 Å². The first kappa shape index (κ1) is 15.3. The molecular weight excluding hydrogens is 293 g/mol. The van der Waals surface area contributed by atoms with Crippen molar-refractivity contribution in [2.75, 3.05) is 20.0 Å². The van der Waals surface area contributed by atoms with Crippen LogP contribution >= 0.6 is 0 Å². The second-order valence-corrected chi connectivity index (χ2v) is 5.79. The predicted molar refractivity (Wildman–Crippen MR) is 80.5 cm³/mol. The molecule has 1 atom stereocenters. The number of methoxy groups -OCH3 is 2. The van der Waals surface area contributed by atoms with Gasteiger partial charge in [-0.3, -0.25) is 4.21 Å². The zero-order valence-corrected chi connectivity index (χ0v) is 12.6. The SMILES string of the molecule is COc1ccc(CS(=O)c2ccc(N)cc2F)cc1OC. The summed E-state index contributed by atoms with van der Waals surface area (Å²) in [7, 11) is 1.57. The van der Waals surface area contributed by atoms with Gasteiger partial charge in [-0.1, -0.05) is 6.07 Å². The Morgan fingerprint density at radius 2 is 1.81 bits per heavy atom. The Bertz CT molecular complexity index is 676. The summed E-state index contributed by atoms with van der Waals surface area (Å²) in [5.41, 5.74) is 6.55. The molecule has 1 unspecified atom stereocenters. The van der Waals surface area contributed by atoms with Crippen molar-refractivity contribution in [2.45, 2.75) is 10.6 Å². The van der Waals surface area contributed by atoms with E-state index in [0.717, 1.165) is 5.56 Å². The van der Waals surface area contributed by atoms with Crippen LogP contribution in [0.4, 0.5) is 10.1 Å². The van der Waals surface area contributed by atoms with Gasteiger partial charge < -0.3 is 15.2 Å². The van der Waals surface area contributed by atoms with E-state index in [1.54, 1.807) is 25.3 Å². The zero-order valence-electron chi connectivity index (χ0n) is 11.8. The third kappa shape index (κ3) is 3.52. The van der Waals surface area contributed by atoms with Gasteiger partial charge in [-0.25, -0.2) is 4.39 Å². The standard InChI is InChI=1S/C15H16FNO3S/c1-19-13-5-3-10(7-14(13)20-2)9-21(18)15-6-4-11(17)8-12(15)16/h3-8H,9,17H2,1-2H3. The molecular formula is C15H16FNO3S. The lowest BCUT2D eigenvalue weighted by molar-refractivity contribution is 0.354. The van der Waals surface area contributed by atoms with Gasteiger partial charge in [0.15, 0.2) is 11.5 Å². The minimum absolute atomic E-state index is 0.138. The molecule has 0 saturated carbocycles. The zero-order chi connectivity index (χ0) is 15.4. The Morgan fingerprint density at radius 1 is 1.10 bits per heavy atom. The van der Waals surface area contributed by atoms with Gasteiger partial charge in [-0.2, -0.15) is 0 Å². The molecule has 0 bridgehead atoms. The Morgan fingerprint density at radius 3 is 2.43 bits per heavy atom. The predicted octanol–water partition coefficient (Wildman–Crippen LogP) is 2.73. The molecule has 0 heterocycles. The van der Waals surface area contributed by atoms with Crippen LogP contribution in [-0.4, -0.2) is 18.4 Å². The number of ether oxygens (including phenoxy) is 2. The monoisotopic (exact) mass is 309 g/mol. The largest absolute Gasteiger partial charge is 0.493 e. The molecule has 0 saturated heterocycles. The summed E-state index contributed by atoms with van der Waals surface area (Å²) in [6.45, 7) is 0. The summed E-state index contributed by atoms with van der Waals surface area (Å²) in [6.07, 6.45) is 0. The quantitative estimate of drug-likeness (QED) is 0.863. The van der Waals surface area contributed by atoms with Crippen LogP contribution < -0.4 is 15.2 Å². The summed E-state index contributed by atoms with van der Waals surface area (Å²) in [5, 5.41) is 0. The van der Waals surface area contributed by atoms with Crippen molar-refractivity contribution >= 4 is 16.5 Å². The highest BCUT2D eigenvalue weighted by Gasteiger charge is 2.13. The Balaban J connectivity index is 2.23. The van der Waals surface area contributed by atoms with Crippen LogP contribution in [0.1, 0.15) is 5.56 Å². The third-order valence-corrected chi connectivity index (χ3v) is 4.36. The number of benzene rings is 2. The second-order valence-electron chi connectivity index (χ2n) is 4.37. The van der Waals surface area contributed by atoms with Crippen molar-refractivity contribution < 1.29 is 18.1 Å². The number of nitrogens with two attached hydrogens (primary N) is 1. The minimum Gasteiger partial charge on any atom is -0.493 e. The summed E-state index contributed by atoms with van der Waals surface area (Å²) < 4.78 is 36.3. The maximum atomic E-state index is 13.8. The van der Waals surface area contributed by atoms with Crippen LogP contribution in [0.25, 0.3) is 0 Å². The van der Waals surface area contributed by atoms with Crippen LogP contribution in [0.5, 0.6) is 11.5 Å². The molecule has 0 radical (unpaired) electrons. The molecule has 0 aliphatic heterocycles. The molecule has 112 valence electrons. The molecule has 21 heavy (non-hydrogen) atoms. The molecule has 0 aliphatic carbocycles. The van der Waals surface area contributed by atoms with Gasteiger partial charge in [-0.05, 0) is 35.9 Å². The van der Waals surface area contributed by atoms with Crippen molar-refractivity contribution in [3.63, 3.8) is 0 Å². The molecule has 2 aromatic carbocycles.